The van der Waals surface area contributed by atoms with Crippen molar-refractivity contribution in [1.29, 1.82) is 0 Å². The number of benzene rings is 1. The first-order valence-electron chi connectivity index (χ1n) is 7.03. The van der Waals surface area contributed by atoms with Gasteiger partial charge in [0, 0.05) is 17.4 Å². The maximum atomic E-state index is 14.1. The van der Waals surface area contributed by atoms with Crippen LogP contribution in [0, 0.1) is 5.82 Å². The van der Waals surface area contributed by atoms with Crippen molar-refractivity contribution in [2.75, 3.05) is 11.9 Å². The molecular formula is C16H11Cl2FN4O2. The number of amidine groups is 1. The van der Waals surface area contributed by atoms with Crippen LogP contribution in [0.15, 0.2) is 41.5 Å². The first-order valence-corrected chi connectivity index (χ1v) is 7.79. The predicted molar refractivity (Wildman–Crippen MR) is 94.2 cm³/mol. The van der Waals surface area contributed by atoms with Gasteiger partial charge in [-0.25, -0.2) is 9.37 Å². The Morgan fingerprint density at radius 1 is 1.32 bits per heavy atom. The highest BCUT2D eigenvalue weighted by atomic mass is 35.5. The summed E-state index contributed by atoms with van der Waals surface area (Å²) in [7, 11) is 0. The molecule has 0 saturated heterocycles. The minimum absolute atomic E-state index is 0.00416. The lowest BCUT2D eigenvalue weighted by Crippen LogP contribution is -2.19. The van der Waals surface area contributed by atoms with E-state index >= 15 is 0 Å². The molecule has 1 aromatic heterocycles. The molecule has 2 aromatic rings. The third kappa shape index (κ3) is 3.89. The topological polar surface area (TPSA) is 89.6 Å². The number of aliphatic imine (C=N–C) groups is 1. The first kappa shape index (κ1) is 17.2. The first-order chi connectivity index (χ1) is 11.9. The van der Waals surface area contributed by atoms with Crippen molar-refractivity contribution in [3.05, 3.63) is 63.7 Å². The fourth-order valence-corrected chi connectivity index (χ4v) is 2.61. The molecular weight excluding hydrogens is 370 g/mol. The van der Waals surface area contributed by atoms with Crippen LogP contribution < -0.4 is 11.1 Å². The Balaban J connectivity index is 1.87. The van der Waals surface area contributed by atoms with Crippen LogP contribution in [0.5, 0.6) is 0 Å². The van der Waals surface area contributed by atoms with Gasteiger partial charge in [-0.3, -0.25) is 4.79 Å². The van der Waals surface area contributed by atoms with Crippen LogP contribution in [0.4, 0.5) is 10.1 Å². The number of hydrogen-bond acceptors (Lipinski definition) is 5. The highest BCUT2D eigenvalue weighted by Crippen LogP contribution is 2.26. The number of ether oxygens (including phenoxy) is 1. The van der Waals surface area contributed by atoms with Crippen LogP contribution in [0.1, 0.15) is 16.1 Å². The molecule has 9 heteroatoms. The van der Waals surface area contributed by atoms with E-state index in [4.69, 9.17) is 33.7 Å². The number of halogens is 3. The van der Waals surface area contributed by atoms with Crippen molar-refractivity contribution in [1.82, 2.24) is 4.98 Å². The summed E-state index contributed by atoms with van der Waals surface area (Å²) in [4.78, 5) is 20.1. The van der Waals surface area contributed by atoms with Gasteiger partial charge in [-0.15, -0.1) is 0 Å². The molecule has 0 radical (unpaired) electrons. The number of carbonyl (C=O) groups excluding carboxylic acids is 1. The zero-order valence-electron chi connectivity index (χ0n) is 12.6. The summed E-state index contributed by atoms with van der Waals surface area (Å²) in [5.74, 6) is -1.06. The smallest absolute Gasteiger partial charge is 0.287 e. The molecule has 3 rings (SSSR count). The average molecular weight is 381 g/mol. The molecule has 0 saturated carbocycles. The fourth-order valence-electron chi connectivity index (χ4n) is 2.14. The molecule has 1 aliphatic rings. The molecule has 128 valence electrons. The highest BCUT2D eigenvalue weighted by Gasteiger charge is 2.16. The molecule has 0 unspecified atom stereocenters. The van der Waals surface area contributed by atoms with Gasteiger partial charge in [0.2, 0.25) is 0 Å². The second-order valence-corrected chi connectivity index (χ2v) is 5.83. The zero-order valence-corrected chi connectivity index (χ0v) is 14.1. The minimum Gasteiger partial charge on any atom is -0.461 e. The van der Waals surface area contributed by atoms with Crippen molar-refractivity contribution in [2.24, 2.45) is 10.7 Å². The van der Waals surface area contributed by atoms with E-state index in [1.807, 2.05) is 0 Å². The largest absolute Gasteiger partial charge is 0.461 e. The van der Waals surface area contributed by atoms with E-state index in [1.165, 1.54) is 30.5 Å². The Labute approximate surface area is 152 Å². The number of hydrogen-bond donors (Lipinski definition) is 2. The number of rotatable bonds is 3. The van der Waals surface area contributed by atoms with Gasteiger partial charge in [0.15, 0.2) is 0 Å². The quantitative estimate of drug-likeness (QED) is 0.852. The molecule has 1 aromatic carbocycles. The van der Waals surface area contributed by atoms with Crippen LogP contribution in [0.25, 0.3) is 5.70 Å². The van der Waals surface area contributed by atoms with E-state index in [0.717, 1.165) is 0 Å². The van der Waals surface area contributed by atoms with Gasteiger partial charge in [-0.05, 0) is 30.3 Å². The summed E-state index contributed by atoms with van der Waals surface area (Å²) in [5.41, 5.74) is 6.34. The van der Waals surface area contributed by atoms with Gasteiger partial charge < -0.3 is 15.8 Å². The minimum atomic E-state index is -0.553. The Kier molecular flexibility index (Phi) is 4.87. The Morgan fingerprint density at radius 2 is 2.12 bits per heavy atom. The third-order valence-electron chi connectivity index (χ3n) is 3.26. The summed E-state index contributed by atoms with van der Waals surface area (Å²) in [5, 5.41) is 3.02. The SMILES string of the molecule is NC1=NC(c2cc(NC(=O)c3ncc(Cl)cc3Cl)ccc2F)=CCO1. The molecule has 2 heterocycles. The monoisotopic (exact) mass is 380 g/mol. The molecule has 1 aliphatic heterocycles. The number of nitrogens with zero attached hydrogens (tertiary/aromatic N) is 2. The number of amides is 1. The van der Waals surface area contributed by atoms with Crippen LogP contribution in [0.3, 0.4) is 0 Å². The molecule has 0 atom stereocenters. The number of carbonyl (C=O) groups is 1. The summed E-state index contributed by atoms with van der Waals surface area (Å²) in [6.07, 6.45) is 2.89. The normalized spacial score (nSPS) is 13.6. The molecule has 0 aliphatic carbocycles. The second kappa shape index (κ2) is 7.08. The lowest BCUT2D eigenvalue weighted by molar-refractivity contribution is 0.102. The van der Waals surface area contributed by atoms with Gasteiger partial charge >= 0.3 is 0 Å². The molecule has 0 fully saturated rings. The second-order valence-electron chi connectivity index (χ2n) is 4.98. The number of pyridine rings is 1. The van der Waals surface area contributed by atoms with Crippen LogP contribution in [-0.2, 0) is 4.74 Å². The number of anilines is 1. The fraction of sp³-hybridized carbons (Fsp3) is 0.0625. The molecule has 0 bridgehead atoms. The van der Waals surface area contributed by atoms with Crippen LogP contribution in [-0.4, -0.2) is 23.5 Å². The predicted octanol–water partition coefficient (Wildman–Crippen LogP) is 3.47. The molecule has 0 spiro atoms. The molecule has 6 nitrogen and oxygen atoms in total. The van der Waals surface area contributed by atoms with Crippen molar-refractivity contribution in [2.45, 2.75) is 0 Å². The Morgan fingerprint density at radius 3 is 2.84 bits per heavy atom. The van der Waals surface area contributed by atoms with Gasteiger partial charge in [0.25, 0.3) is 11.9 Å². The summed E-state index contributed by atoms with van der Waals surface area (Å²) in [6, 6.07) is 5.41. The lowest BCUT2D eigenvalue weighted by atomic mass is 10.1. The summed E-state index contributed by atoms with van der Waals surface area (Å²) in [6.45, 7) is 0.186. The van der Waals surface area contributed by atoms with E-state index in [0.29, 0.717) is 16.4 Å². The van der Waals surface area contributed by atoms with Crippen LogP contribution >= 0.6 is 23.2 Å². The lowest BCUT2D eigenvalue weighted by Gasteiger charge is -2.13. The molecule has 25 heavy (non-hydrogen) atoms. The van der Waals surface area contributed by atoms with E-state index in [1.54, 1.807) is 6.08 Å². The molecule has 3 N–H and O–H groups in total. The third-order valence-corrected chi connectivity index (χ3v) is 3.76. The maximum Gasteiger partial charge on any atom is 0.287 e. The van der Waals surface area contributed by atoms with E-state index in [-0.39, 0.29) is 28.9 Å². The number of aromatic nitrogens is 1. The van der Waals surface area contributed by atoms with Crippen molar-refractivity contribution in [3.8, 4) is 0 Å². The zero-order chi connectivity index (χ0) is 18.0. The number of nitrogens with one attached hydrogen (secondary N) is 1. The van der Waals surface area contributed by atoms with Gasteiger partial charge in [0.1, 0.15) is 18.1 Å². The van der Waals surface area contributed by atoms with Crippen molar-refractivity contribution in [3.63, 3.8) is 0 Å². The van der Waals surface area contributed by atoms with Gasteiger partial charge in [0.05, 0.1) is 15.7 Å². The van der Waals surface area contributed by atoms with Crippen molar-refractivity contribution < 1.29 is 13.9 Å². The maximum absolute atomic E-state index is 14.1. The Bertz CT molecular complexity index is 915. The van der Waals surface area contributed by atoms with E-state index in [9.17, 15) is 9.18 Å². The number of nitrogens with two attached hydrogens (primary N) is 1. The molecule has 1 amide bonds. The summed E-state index contributed by atoms with van der Waals surface area (Å²) >= 11 is 11.7. The van der Waals surface area contributed by atoms with E-state index < -0.39 is 11.7 Å². The van der Waals surface area contributed by atoms with Gasteiger partial charge in [-0.1, -0.05) is 23.2 Å². The van der Waals surface area contributed by atoms with Crippen LogP contribution in [0.2, 0.25) is 10.0 Å². The average Bonchev–Trinajstić information content (AvgIpc) is 2.56. The standard InChI is InChI=1S/C16H11Cl2FN4O2/c17-8-5-11(18)14(21-7-8)15(24)22-9-1-2-12(19)10(6-9)13-3-4-25-16(20)23-13/h1-3,5-7H,4H2,(H2,20,23)(H,22,24). The Hall–Kier alpha value is -2.64. The van der Waals surface area contributed by atoms with Crippen molar-refractivity contribution >= 4 is 46.5 Å². The highest BCUT2D eigenvalue weighted by molar-refractivity contribution is 6.36. The van der Waals surface area contributed by atoms with E-state index in [2.05, 4.69) is 15.3 Å². The summed E-state index contributed by atoms with van der Waals surface area (Å²) < 4.78 is 19.1. The van der Waals surface area contributed by atoms with Gasteiger partial charge in [-0.2, -0.15) is 4.99 Å².